The summed E-state index contributed by atoms with van der Waals surface area (Å²) in [5.41, 5.74) is 3.05. The third kappa shape index (κ3) is 9.97. The fraction of sp³-hybridized carbons (Fsp3) is 0.364. The number of ether oxygens (including phenoxy) is 7. The van der Waals surface area contributed by atoms with Gasteiger partial charge in [0, 0.05) is 23.5 Å². The molecule has 14 heteroatoms. The van der Waals surface area contributed by atoms with E-state index in [0.717, 1.165) is 34.1 Å². The molecule has 246 valence electrons. The van der Waals surface area contributed by atoms with E-state index in [2.05, 4.69) is 25.6 Å². The maximum Gasteiger partial charge on any atom is 0.119 e. The predicted molar refractivity (Wildman–Crippen MR) is 170 cm³/mol. The van der Waals surface area contributed by atoms with Gasteiger partial charge in [0.05, 0.1) is 65.1 Å². The van der Waals surface area contributed by atoms with Crippen LogP contribution in [0.3, 0.4) is 0 Å². The van der Waals surface area contributed by atoms with E-state index in [4.69, 9.17) is 33.2 Å². The van der Waals surface area contributed by atoms with Crippen LogP contribution in [0.1, 0.15) is 0 Å². The van der Waals surface area contributed by atoms with Crippen LogP contribution in [0.4, 0.5) is 0 Å². The Morgan fingerprint density at radius 1 is 0.447 bits per heavy atom. The molecule has 0 aliphatic carbocycles. The van der Waals surface area contributed by atoms with Crippen LogP contribution in [0.2, 0.25) is 0 Å². The molecule has 0 atom stereocenters. The quantitative estimate of drug-likeness (QED) is 0.244. The zero-order valence-electron chi connectivity index (χ0n) is 26.0. The van der Waals surface area contributed by atoms with Crippen molar-refractivity contribution in [2.75, 3.05) is 66.1 Å². The highest BCUT2D eigenvalue weighted by molar-refractivity contribution is 5.66. The first-order chi connectivity index (χ1) is 23.3. The van der Waals surface area contributed by atoms with Gasteiger partial charge in [-0.25, -0.2) is 9.36 Å². The van der Waals surface area contributed by atoms with Gasteiger partial charge in [-0.1, -0.05) is 10.4 Å². The highest BCUT2D eigenvalue weighted by Gasteiger charge is 2.10. The normalized spacial score (nSPS) is 15.9. The summed E-state index contributed by atoms with van der Waals surface area (Å²) < 4.78 is 43.5. The molecule has 0 radical (unpaired) electrons. The van der Waals surface area contributed by atoms with Crippen LogP contribution in [0.5, 0.6) is 23.0 Å². The summed E-state index contributed by atoms with van der Waals surface area (Å²) in [5.74, 6) is 2.96. The summed E-state index contributed by atoms with van der Waals surface area (Å²) in [6, 6.07) is 16.9. The van der Waals surface area contributed by atoms with Crippen LogP contribution in [0.25, 0.3) is 22.5 Å². The van der Waals surface area contributed by atoms with Crippen molar-refractivity contribution in [3.8, 4) is 45.5 Å². The molecule has 0 spiro atoms. The number of aromatic nitrogens is 7. The Morgan fingerprint density at radius 3 is 1.21 bits per heavy atom. The average Bonchev–Trinajstić information content (AvgIpc) is 3.78. The molecule has 4 aliphatic rings. The largest absolute Gasteiger partial charge is 0.492 e. The van der Waals surface area contributed by atoms with Crippen LogP contribution in [0, 0.1) is 0 Å². The molecule has 3 aromatic heterocycles. The minimum Gasteiger partial charge on any atom is -0.492 e. The lowest BCUT2D eigenvalue weighted by Gasteiger charge is -2.10. The summed E-state index contributed by atoms with van der Waals surface area (Å²) in [5, 5.41) is 17.1. The first-order valence-electron chi connectivity index (χ1n) is 15.5. The molecule has 5 aromatic rings. The van der Waals surface area contributed by atoms with Crippen LogP contribution in [0.15, 0.2) is 79.4 Å². The minimum atomic E-state index is 0.426. The van der Waals surface area contributed by atoms with E-state index in [1.165, 1.54) is 0 Å². The van der Waals surface area contributed by atoms with E-state index in [9.17, 15) is 0 Å². The SMILES string of the molecule is c1cc2ccc1OCCOCCOCCOCCOc1ccc(cc1)OCCn1cc(nn1)-c1cncc(c1)-c1cn(nn1)CCO2. The Bertz CT molecular complexity index is 1530. The zero-order valence-corrected chi connectivity index (χ0v) is 26.0. The lowest BCUT2D eigenvalue weighted by atomic mass is 10.1. The monoisotopic (exact) mass is 643 g/mol. The van der Waals surface area contributed by atoms with Crippen LogP contribution < -0.4 is 18.9 Å². The van der Waals surface area contributed by atoms with Gasteiger partial charge in [-0.05, 0) is 54.6 Å². The van der Waals surface area contributed by atoms with Crippen LogP contribution in [-0.4, -0.2) is 101 Å². The van der Waals surface area contributed by atoms with Crippen molar-refractivity contribution in [2.45, 2.75) is 13.1 Å². The number of rotatable bonds is 0. The van der Waals surface area contributed by atoms with Gasteiger partial charge >= 0.3 is 0 Å². The van der Waals surface area contributed by atoms with Gasteiger partial charge in [-0.2, -0.15) is 0 Å². The Hall–Kier alpha value is -5.05. The van der Waals surface area contributed by atoms with E-state index in [0.29, 0.717) is 90.5 Å². The topological polar surface area (TPSA) is 139 Å². The van der Waals surface area contributed by atoms with Crippen molar-refractivity contribution >= 4 is 0 Å². The number of hydrogen-bond acceptors (Lipinski definition) is 12. The molecule has 0 N–H and O–H groups in total. The van der Waals surface area contributed by atoms with Crippen molar-refractivity contribution in [1.29, 1.82) is 0 Å². The lowest BCUT2D eigenvalue weighted by Crippen LogP contribution is -2.14. The lowest BCUT2D eigenvalue weighted by molar-refractivity contribution is 0.00498. The smallest absolute Gasteiger partial charge is 0.119 e. The molecular weight excluding hydrogens is 606 g/mol. The molecule has 0 saturated heterocycles. The predicted octanol–water partition coefficient (Wildman–Crippen LogP) is 3.58. The molecular formula is C33H37N7O7. The summed E-state index contributed by atoms with van der Waals surface area (Å²) in [4.78, 5) is 4.39. The second-order valence-corrected chi connectivity index (χ2v) is 10.4. The number of hydrogen-bond donors (Lipinski definition) is 0. The first-order valence-corrected chi connectivity index (χ1v) is 15.5. The summed E-state index contributed by atoms with van der Waals surface area (Å²) >= 11 is 0. The summed E-state index contributed by atoms with van der Waals surface area (Å²) in [7, 11) is 0. The molecule has 9 rings (SSSR count). The van der Waals surface area contributed by atoms with E-state index in [1.807, 2.05) is 67.0 Å². The Labute approximate surface area is 272 Å². The van der Waals surface area contributed by atoms with Crippen molar-refractivity contribution in [1.82, 2.24) is 35.0 Å². The molecule has 0 fully saturated rings. The standard InChI is InChI=1S/C33H37N7O7/c1-5-30-6-2-28(1)44-11-9-39-24-32(35-37-39)26-21-27(23-34-22-26)33-25-40(38-36-33)10-12-45-29-3-7-31(8-4-29)47-20-18-43-16-14-41-13-15-42-17-19-46-30/h1-8,21-25H,9-20H2. The molecule has 7 heterocycles. The minimum absolute atomic E-state index is 0.426. The van der Waals surface area contributed by atoms with Gasteiger partial charge < -0.3 is 33.2 Å². The van der Waals surface area contributed by atoms with Crippen LogP contribution in [-0.2, 0) is 27.3 Å². The first kappa shape index (κ1) is 31.9. The fourth-order valence-corrected chi connectivity index (χ4v) is 4.56. The van der Waals surface area contributed by atoms with Gasteiger partial charge in [0.1, 0.15) is 60.8 Å². The number of nitrogens with zero attached hydrogens (tertiary/aromatic N) is 7. The molecule has 0 amide bonds. The molecule has 0 unspecified atom stereocenters. The van der Waals surface area contributed by atoms with Crippen molar-refractivity contribution in [3.05, 3.63) is 79.4 Å². The third-order valence-corrected chi connectivity index (χ3v) is 6.97. The number of pyridine rings is 1. The number of benzene rings is 2. The van der Waals surface area contributed by atoms with Crippen molar-refractivity contribution < 1.29 is 33.2 Å². The molecule has 14 nitrogen and oxygen atoms in total. The van der Waals surface area contributed by atoms with E-state index in [-0.39, 0.29) is 0 Å². The van der Waals surface area contributed by atoms with Gasteiger partial charge in [0.2, 0.25) is 0 Å². The third-order valence-electron chi connectivity index (χ3n) is 6.97. The van der Waals surface area contributed by atoms with Crippen LogP contribution >= 0.6 is 0 Å². The Kier molecular flexibility index (Phi) is 11.6. The summed E-state index contributed by atoms with van der Waals surface area (Å²) in [6.07, 6.45) is 7.23. The Morgan fingerprint density at radius 2 is 0.809 bits per heavy atom. The second-order valence-electron chi connectivity index (χ2n) is 10.4. The second kappa shape index (κ2) is 17.0. The maximum atomic E-state index is 5.89. The maximum absolute atomic E-state index is 5.89. The average molecular weight is 644 g/mol. The van der Waals surface area contributed by atoms with Gasteiger partial charge in [0.25, 0.3) is 0 Å². The summed E-state index contributed by atoms with van der Waals surface area (Å²) in [6.45, 7) is 5.65. The van der Waals surface area contributed by atoms with Gasteiger partial charge in [-0.3, -0.25) is 4.98 Å². The Balaban J connectivity index is 1.05. The zero-order chi connectivity index (χ0) is 31.9. The van der Waals surface area contributed by atoms with Crippen molar-refractivity contribution in [2.24, 2.45) is 0 Å². The van der Waals surface area contributed by atoms with E-state index >= 15 is 0 Å². The molecule has 10 bridgehead atoms. The van der Waals surface area contributed by atoms with Crippen molar-refractivity contribution in [3.63, 3.8) is 0 Å². The highest BCUT2D eigenvalue weighted by atomic mass is 16.6. The van der Waals surface area contributed by atoms with E-state index in [1.54, 1.807) is 21.8 Å². The van der Waals surface area contributed by atoms with E-state index < -0.39 is 0 Å². The molecule has 47 heavy (non-hydrogen) atoms. The molecule has 2 aromatic carbocycles. The van der Waals surface area contributed by atoms with Gasteiger partial charge in [0.15, 0.2) is 0 Å². The van der Waals surface area contributed by atoms with Gasteiger partial charge in [-0.15, -0.1) is 10.2 Å². The fourth-order valence-electron chi connectivity index (χ4n) is 4.56. The highest BCUT2D eigenvalue weighted by Crippen LogP contribution is 2.23. The molecule has 0 saturated carbocycles. The molecule has 4 aliphatic heterocycles.